The third kappa shape index (κ3) is 0.964. The lowest BCUT2D eigenvalue weighted by Crippen LogP contribution is -2.20. The molecule has 2 heterocycles. The zero-order valence-electron chi connectivity index (χ0n) is 8.32. The first kappa shape index (κ1) is 8.84. The largest absolute Gasteiger partial charge is 0.508 e. The van der Waals surface area contributed by atoms with Gasteiger partial charge in [-0.1, -0.05) is 5.10 Å². The number of hydrogen-bond donors (Lipinski definition) is 1. The number of aryl methyl sites for hydroxylation is 1. The van der Waals surface area contributed by atoms with E-state index < -0.39 is 0 Å². The molecule has 3 rings (SSSR count). The van der Waals surface area contributed by atoms with E-state index in [2.05, 4.69) is 15.5 Å². The van der Waals surface area contributed by atoms with Crippen LogP contribution >= 0.6 is 0 Å². The van der Waals surface area contributed by atoms with Crippen LogP contribution in [0.4, 0.5) is 0 Å². The molecular weight excluding hydrogens is 210 g/mol. The number of aromatic hydroxyl groups is 1. The minimum absolute atomic E-state index is 0.0389. The lowest BCUT2D eigenvalue weighted by molar-refractivity contribution is 0.476. The molecule has 0 saturated carbocycles. The van der Waals surface area contributed by atoms with Crippen molar-refractivity contribution in [3.63, 3.8) is 0 Å². The van der Waals surface area contributed by atoms with E-state index in [0.29, 0.717) is 16.7 Å². The number of benzene rings is 1. The Bertz CT molecular complexity index is 758. The molecule has 0 aliphatic rings. The quantitative estimate of drug-likeness (QED) is 0.557. The second kappa shape index (κ2) is 2.78. The van der Waals surface area contributed by atoms with E-state index in [9.17, 15) is 9.90 Å². The summed E-state index contributed by atoms with van der Waals surface area (Å²) in [7, 11) is 1.58. The van der Waals surface area contributed by atoms with Gasteiger partial charge < -0.3 is 5.11 Å². The van der Waals surface area contributed by atoms with Crippen LogP contribution in [0.2, 0.25) is 0 Å². The Balaban J connectivity index is 2.71. The third-order valence-corrected chi connectivity index (χ3v) is 2.50. The second-order valence-electron chi connectivity index (χ2n) is 3.46. The van der Waals surface area contributed by atoms with Crippen LogP contribution in [-0.2, 0) is 7.05 Å². The van der Waals surface area contributed by atoms with Crippen LogP contribution in [0.3, 0.4) is 0 Å². The number of phenols is 1. The summed E-state index contributed by atoms with van der Waals surface area (Å²) in [5, 5.41) is 20.8. The topological polar surface area (TPSA) is 85.3 Å². The number of rotatable bonds is 0. The number of nitrogens with zero attached hydrogens (tertiary/aromatic N) is 5. The molecule has 1 aromatic carbocycles. The molecule has 0 unspecified atom stereocenters. The minimum Gasteiger partial charge on any atom is -0.508 e. The lowest BCUT2D eigenvalue weighted by atomic mass is 10.2. The molecule has 0 aliphatic carbocycles. The van der Waals surface area contributed by atoms with Gasteiger partial charge in [0.15, 0.2) is 0 Å². The Labute approximate surface area is 88.5 Å². The van der Waals surface area contributed by atoms with Gasteiger partial charge in [0.05, 0.1) is 10.9 Å². The molecule has 80 valence electrons. The summed E-state index contributed by atoms with van der Waals surface area (Å²) in [5.74, 6) is 0.403. The number of aromatic nitrogens is 5. The monoisotopic (exact) mass is 217 g/mol. The summed E-state index contributed by atoms with van der Waals surface area (Å²) in [6, 6.07) is 4.50. The summed E-state index contributed by atoms with van der Waals surface area (Å²) in [6.45, 7) is 0. The number of fused-ring (bicyclic) bond motifs is 3. The molecule has 2 aromatic heterocycles. The van der Waals surface area contributed by atoms with Gasteiger partial charge >= 0.3 is 0 Å². The fourth-order valence-corrected chi connectivity index (χ4v) is 1.70. The van der Waals surface area contributed by atoms with Crippen LogP contribution in [0.15, 0.2) is 23.0 Å². The van der Waals surface area contributed by atoms with Crippen molar-refractivity contribution in [1.29, 1.82) is 0 Å². The molecule has 0 aliphatic heterocycles. The summed E-state index contributed by atoms with van der Waals surface area (Å²) in [4.78, 5) is 11.9. The van der Waals surface area contributed by atoms with Crippen LogP contribution < -0.4 is 5.56 Å². The highest BCUT2D eigenvalue weighted by molar-refractivity contribution is 5.81. The summed E-state index contributed by atoms with van der Waals surface area (Å²) < 4.78 is 2.79. The van der Waals surface area contributed by atoms with Gasteiger partial charge in [-0.05, 0) is 28.6 Å². The zero-order chi connectivity index (χ0) is 11.3. The molecule has 7 heteroatoms. The smallest absolute Gasteiger partial charge is 0.262 e. The van der Waals surface area contributed by atoms with Crippen molar-refractivity contribution in [2.75, 3.05) is 0 Å². The van der Waals surface area contributed by atoms with Crippen LogP contribution in [0.5, 0.6) is 5.75 Å². The maximum atomic E-state index is 11.9. The number of hydrogen-bond acceptors (Lipinski definition) is 5. The minimum atomic E-state index is -0.242. The molecule has 16 heavy (non-hydrogen) atoms. The van der Waals surface area contributed by atoms with Gasteiger partial charge in [0.25, 0.3) is 11.3 Å². The SMILES string of the molecule is Cn1c(=O)c2cc(O)ccc2n2nnnc12. The molecule has 0 amide bonds. The average Bonchev–Trinajstić information content (AvgIpc) is 2.75. The highest BCUT2D eigenvalue weighted by atomic mass is 16.3. The van der Waals surface area contributed by atoms with Gasteiger partial charge in [0, 0.05) is 7.05 Å². The molecule has 0 radical (unpaired) electrons. The van der Waals surface area contributed by atoms with Gasteiger partial charge in [0.2, 0.25) is 0 Å². The summed E-state index contributed by atoms with van der Waals surface area (Å²) >= 11 is 0. The Hall–Kier alpha value is -2.44. The van der Waals surface area contributed by atoms with Crippen molar-refractivity contribution in [1.82, 2.24) is 24.6 Å². The second-order valence-corrected chi connectivity index (χ2v) is 3.46. The van der Waals surface area contributed by atoms with E-state index in [1.165, 1.54) is 21.2 Å². The Morgan fingerprint density at radius 3 is 3.00 bits per heavy atom. The third-order valence-electron chi connectivity index (χ3n) is 2.50. The van der Waals surface area contributed by atoms with Gasteiger partial charge in [-0.25, -0.2) is 0 Å². The Morgan fingerprint density at radius 1 is 1.38 bits per heavy atom. The van der Waals surface area contributed by atoms with Crippen LogP contribution in [0.1, 0.15) is 0 Å². The van der Waals surface area contributed by atoms with Crippen molar-refractivity contribution < 1.29 is 5.11 Å². The van der Waals surface area contributed by atoms with Crippen molar-refractivity contribution in [2.24, 2.45) is 7.05 Å². The average molecular weight is 217 g/mol. The van der Waals surface area contributed by atoms with Crippen LogP contribution in [0, 0.1) is 0 Å². The van der Waals surface area contributed by atoms with E-state index in [1.54, 1.807) is 13.1 Å². The molecule has 1 N–H and O–H groups in total. The first-order chi connectivity index (χ1) is 7.68. The van der Waals surface area contributed by atoms with Crippen LogP contribution in [-0.4, -0.2) is 29.7 Å². The van der Waals surface area contributed by atoms with Crippen molar-refractivity contribution in [2.45, 2.75) is 0 Å². The summed E-state index contributed by atoms with van der Waals surface area (Å²) in [6.07, 6.45) is 0. The van der Waals surface area contributed by atoms with Gasteiger partial charge in [-0.15, -0.1) is 0 Å². The predicted octanol–water partition coefficient (Wildman–Crippen LogP) is -0.318. The molecule has 7 nitrogen and oxygen atoms in total. The normalized spacial score (nSPS) is 11.3. The van der Waals surface area contributed by atoms with Gasteiger partial charge in [-0.2, -0.15) is 4.52 Å². The van der Waals surface area contributed by atoms with Gasteiger partial charge in [0.1, 0.15) is 5.75 Å². The molecule has 0 bridgehead atoms. The predicted molar refractivity (Wildman–Crippen MR) is 55.2 cm³/mol. The highest BCUT2D eigenvalue weighted by Crippen LogP contribution is 2.16. The zero-order valence-corrected chi connectivity index (χ0v) is 8.32. The van der Waals surface area contributed by atoms with Gasteiger partial charge in [-0.3, -0.25) is 9.36 Å². The Morgan fingerprint density at radius 2 is 2.19 bits per heavy atom. The van der Waals surface area contributed by atoms with E-state index >= 15 is 0 Å². The number of phenolic OH excluding ortho intramolecular Hbond substituents is 1. The summed E-state index contributed by atoms with van der Waals surface area (Å²) in [5.41, 5.74) is 0.328. The van der Waals surface area contributed by atoms with Crippen molar-refractivity contribution in [3.05, 3.63) is 28.6 Å². The van der Waals surface area contributed by atoms with E-state index in [0.717, 1.165) is 0 Å². The first-order valence-corrected chi connectivity index (χ1v) is 4.58. The molecule has 0 fully saturated rings. The molecular formula is C9H7N5O2. The molecule has 3 aromatic rings. The molecule has 0 spiro atoms. The number of tetrazole rings is 1. The van der Waals surface area contributed by atoms with E-state index in [-0.39, 0.29) is 11.3 Å². The fourth-order valence-electron chi connectivity index (χ4n) is 1.70. The van der Waals surface area contributed by atoms with E-state index in [1.807, 2.05) is 0 Å². The van der Waals surface area contributed by atoms with Crippen molar-refractivity contribution >= 4 is 16.7 Å². The maximum Gasteiger partial charge on any atom is 0.262 e. The maximum absolute atomic E-state index is 11.9. The van der Waals surface area contributed by atoms with Crippen LogP contribution in [0.25, 0.3) is 16.7 Å². The molecule has 0 atom stereocenters. The molecule has 0 saturated heterocycles. The standard InChI is InChI=1S/C9H7N5O2/c1-13-8(16)6-4-5(15)2-3-7(6)14-9(13)10-11-12-14/h2-4,15H,1H3. The highest BCUT2D eigenvalue weighted by Gasteiger charge is 2.10. The lowest BCUT2D eigenvalue weighted by Gasteiger charge is -2.03. The fraction of sp³-hybridized carbons (Fsp3) is 0.111. The Kier molecular flexibility index (Phi) is 1.54. The first-order valence-electron chi connectivity index (χ1n) is 4.58. The van der Waals surface area contributed by atoms with E-state index in [4.69, 9.17) is 0 Å². The van der Waals surface area contributed by atoms with Crippen molar-refractivity contribution in [3.8, 4) is 5.75 Å².